The molecule has 0 spiro atoms. The monoisotopic (exact) mass is 213 g/mol. The molecule has 2 N–H and O–H groups in total. The van der Waals surface area contributed by atoms with Crippen LogP contribution in [0.15, 0.2) is 0 Å². The molecule has 0 saturated heterocycles. The minimum atomic E-state index is 0.353. The second-order valence-corrected chi connectivity index (χ2v) is 4.93. The number of aliphatic hydroxyl groups is 1. The first-order valence-corrected chi connectivity index (χ1v) is 6.69. The van der Waals surface area contributed by atoms with Crippen molar-refractivity contribution >= 4 is 0 Å². The van der Waals surface area contributed by atoms with Gasteiger partial charge in [0, 0.05) is 12.6 Å². The lowest BCUT2D eigenvalue weighted by atomic mass is 10.00. The molecule has 0 heterocycles. The quantitative estimate of drug-likeness (QED) is 0.608. The molecule has 1 aliphatic carbocycles. The van der Waals surface area contributed by atoms with Crippen molar-refractivity contribution in [2.45, 2.75) is 64.3 Å². The number of rotatable bonds is 8. The van der Waals surface area contributed by atoms with Crippen molar-refractivity contribution in [1.29, 1.82) is 0 Å². The van der Waals surface area contributed by atoms with Crippen molar-refractivity contribution < 1.29 is 5.11 Å². The molecule has 0 aromatic heterocycles. The largest absolute Gasteiger partial charge is 0.396 e. The van der Waals surface area contributed by atoms with Crippen molar-refractivity contribution in [1.82, 2.24) is 5.32 Å². The summed E-state index contributed by atoms with van der Waals surface area (Å²) in [5.41, 5.74) is 0. The molecule has 0 unspecified atom stereocenters. The molecule has 1 saturated carbocycles. The SMILES string of the molecule is C[C@H](NCCCCCCO)C1CCCC1. The van der Waals surface area contributed by atoms with Gasteiger partial charge in [-0.3, -0.25) is 0 Å². The predicted molar refractivity (Wildman–Crippen MR) is 65.0 cm³/mol. The van der Waals surface area contributed by atoms with E-state index < -0.39 is 0 Å². The minimum absolute atomic E-state index is 0.353. The van der Waals surface area contributed by atoms with E-state index in [2.05, 4.69) is 12.2 Å². The van der Waals surface area contributed by atoms with Gasteiger partial charge in [0.05, 0.1) is 0 Å². The van der Waals surface area contributed by atoms with E-state index >= 15 is 0 Å². The zero-order valence-electron chi connectivity index (χ0n) is 10.2. The Morgan fingerprint density at radius 1 is 1.13 bits per heavy atom. The van der Waals surface area contributed by atoms with Gasteiger partial charge in [0.15, 0.2) is 0 Å². The molecule has 2 nitrogen and oxygen atoms in total. The maximum absolute atomic E-state index is 8.64. The number of hydrogen-bond donors (Lipinski definition) is 2. The molecular weight excluding hydrogens is 186 g/mol. The van der Waals surface area contributed by atoms with Crippen LogP contribution in [0.2, 0.25) is 0 Å². The first-order chi connectivity index (χ1) is 7.34. The smallest absolute Gasteiger partial charge is 0.0431 e. The number of unbranched alkanes of at least 4 members (excludes halogenated alkanes) is 3. The molecule has 0 aliphatic heterocycles. The Morgan fingerprint density at radius 3 is 2.47 bits per heavy atom. The number of aliphatic hydroxyl groups excluding tert-OH is 1. The second kappa shape index (κ2) is 8.12. The lowest BCUT2D eigenvalue weighted by Gasteiger charge is -2.20. The summed E-state index contributed by atoms with van der Waals surface area (Å²) in [6.45, 7) is 3.85. The van der Waals surface area contributed by atoms with Gasteiger partial charge in [-0.1, -0.05) is 25.7 Å². The highest BCUT2D eigenvalue weighted by atomic mass is 16.2. The number of hydrogen-bond acceptors (Lipinski definition) is 2. The first kappa shape index (κ1) is 13.0. The summed E-state index contributed by atoms with van der Waals surface area (Å²) >= 11 is 0. The van der Waals surface area contributed by atoms with E-state index in [0.717, 1.165) is 18.9 Å². The van der Waals surface area contributed by atoms with Gasteiger partial charge < -0.3 is 10.4 Å². The van der Waals surface area contributed by atoms with Crippen LogP contribution < -0.4 is 5.32 Å². The van der Waals surface area contributed by atoms with E-state index in [1.165, 1.54) is 44.9 Å². The molecule has 15 heavy (non-hydrogen) atoms. The van der Waals surface area contributed by atoms with Crippen molar-refractivity contribution in [3.05, 3.63) is 0 Å². The Morgan fingerprint density at radius 2 is 1.80 bits per heavy atom. The molecule has 0 aromatic rings. The maximum Gasteiger partial charge on any atom is 0.0431 e. The third kappa shape index (κ3) is 5.53. The summed E-state index contributed by atoms with van der Waals surface area (Å²) < 4.78 is 0. The molecule has 1 atom stereocenters. The van der Waals surface area contributed by atoms with Crippen LogP contribution >= 0.6 is 0 Å². The summed E-state index contributed by atoms with van der Waals surface area (Å²) in [5.74, 6) is 0.933. The van der Waals surface area contributed by atoms with Crippen LogP contribution in [-0.2, 0) is 0 Å². The van der Waals surface area contributed by atoms with E-state index in [-0.39, 0.29) is 0 Å². The lowest BCUT2D eigenvalue weighted by Crippen LogP contribution is -2.32. The van der Waals surface area contributed by atoms with Gasteiger partial charge in [0.25, 0.3) is 0 Å². The van der Waals surface area contributed by atoms with E-state index in [4.69, 9.17) is 5.11 Å². The van der Waals surface area contributed by atoms with Gasteiger partial charge in [0.1, 0.15) is 0 Å². The highest BCUT2D eigenvalue weighted by molar-refractivity contribution is 4.76. The van der Waals surface area contributed by atoms with E-state index in [9.17, 15) is 0 Å². The predicted octanol–water partition coefficient (Wildman–Crippen LogP) is 2.71. The topological polar surface area (TPSA) is 32.3 Å². The third-order valence-corrected chi connectivity index (χ3v) is 3.66. The molecule has 0 bridgehead atoms. The fourth-order valence-electron chi connectivity index (χ4n) is 2.54. The van der Waals surface area contributed by atoms with Crippen LogP contribution in [0.4, 0.5) is 0 Å². The van der Waals surface area contributed by atoms with Crippen LogP contribution in [0.1, 0.15) is 58.3 Å². The molecular formula is C13H27NO. The normalized spacial score (nSPS) is 19.6. The zero-order chi connectivity index (χ0) is 10.9. The summed E-state index contributed by atoms with van der Waals surface area (Å²) in [6.07, 6.45) is 10.4. The zero-order valence-corrected chi connectivity index (χ0v) is 10.2. The standard InChI is InChI=1S/C13H27NO/c1-12(13-8-4-5-9-13)14-10-6-2-3-7-11-15/h12-15H,2-11H2,1H3/t12-/m0/s1. The van der Waals surface area contributed by atoms with Crippen LogP contribution in [0, 0.1) is 5.92 Å². The molecule has 1 fully saturated rings. The Balaban J connectivity index is 1.90. The molecule has 0 aromatic carbocycles. The van der Waals surface area contributed by atoms with Gasteiger partial charge in [-0.2, -0.15) is 0 Å². The second-order valence-electron chi connectivity index (χ2n) is 4.93. The van der Waals surface area contributed by atoms with Gasteiger partial charge in [0.2, 0.25) is 0 Å². The first-order valence-electron chi connectivity index (χ1n) is 6.69. The maximum atomic E-state index is 8.64. The van der Waals surface area contributed by atoms with Crippen molar-refractivity contribution in [3.63, 3.8) is 0 Å². The van der Waals surface area contributed by atoms with Crippen LogP contribution in [-0.4, -0.2) is 24.3 Å². The Bertz CT molecular complexity index is 143. The minimum Gasteiger partial charge on any atom is -0.396 e. The molecule has 0 amide bonds. The van der Waals surface area contributed by atoms with Crippen LogP contribution in [0.5, 0.6) is 0 Å². The van der Waals surface area contributed by atoms with Crippen molar-refractivity contribution in [3.8, 4) is 0 Å². The highest BCUT2D eigenvalue weighted by Crippen LogP contribution is 2.27. The van der Waals surface area contributed by atoms with Crippen molar-refractivity contribution in [2.75, 3.05) is 13.2 Å². The van der Waals surface area contributed by atoms with Crippen LogP contribution in [0.3, 0.4) is 0 Å². The Kier molecular flexibility index (Phi) is 7.03. The third-order valence-electron chi connectivity index (χ3n) is 3.66. The summed E-state index contributed by atoms with van der Waals surface area (Å²) in [5, 5.41) is 12.3. The summed E-state index contributed by atoms with van der Waals surface area (Å²) in [4.78, 5) is 0. The Hall–Kier alpha value is -0.0800. The molecule has 90 valence electrons. The Labute approximate surface area is 94.5 Å². The molecule has 1 aliphatic rings. The summed E-state index contributed by atoms with van der Waals surface area (Å²) in [7, 11) is 0. The van der Waals surface area contributed by atoms with Crippen molar-refractivity contribution in [2.24, 2.45) is 5.92 Å². The fraction of sp³-hybridized carbons (Fsp3) is 1.00. The van der Waals surface area contributed by atoms with Gasteiger partial charge in [-0.25, -0.2) is 0 Å². The molecule has 2 heteroatoms. The van der Waals surface area contributed by atoms with Gasteiger partial charge >= 0.3 is 0 Å². The van der Waals surface area contributed by atoms with E-state index in [0.29, 0.717) is 12.6 Å². The average Bonchev–Trinajstić information content (AvgIpc) is 2.76. The average molecular weight is 213 g/mol. The molecule has 1 rings (SSSR count). The van der Waals surface area contributed by atoms with E-state index in [1.807, 2.05) is 0 Å². The van der Waals surface area contributed by atoms with Gasteiger partial charge in [-0.05, 0) is 45.1 Å². The highest BCUT2D eigenvalue weighted by Gasteiger charge is 2.20. The lowest BCUT2D eigenvalue weighted by molar-refractivity contribution is 0.282. The summed E-state index contributed by atoms with van der Waals surface area (Å²) in [6, 6.07) is 0.713. The number of nitrogens with one attached hydrogen (secondary N) is 1. The fourth-order valence-corrected chi connectivity index (χ4v) is 2.54. The van der Waals surface area contributed by atoms with Crippen LogP contribution in [0.25, 0.3) is 0 Å². The van der Waals surface area contributed by atoms with Gasteiger partial charge in [-0.15, -0.1) is 0 Å². The van der Waals surface area contributed by atoms with E-state index in [1.54, 1.807) is 0 Å². The molecule has 0 radical (unpaired) electrons.